The third-order valence-corrected chi connectivity index (χ3v) is 3.67. The van der Waals surface area contributed by atoms with Gasteiger partial charge in [0.25, 0.3) is 5.91 Å². The van der Waals surface area contributed by atoms with Crippen LogP contribution in [0.25, 0.3) is 0 Å². The molecule has 1 amide bonds. The SMILES string of the molecule is O=C(c1cc(F)cnc1Cl)N1CCCC1CCCO. The number of nitrogens with zero attached hydrogens (tertiary/aromatic N) is 2. The Kier molecular flexibility index (Phi) is 4.71. The van der Waals surface area contributed by atoms with Crippen molar-refractivity contribution >= 4 is 17.5 Å². The van der Waals surface area contributed by atoms with Crippen molar-refractivity contribution in [3.05, 3.63) is 28.8 Å². The molecule has 0 aliphatic carbocycles. The van der Waals surface area contributed by atoms with Crippen LogP contribution in [-0.4, -0.2) is 40.1 Å². The maximum absolute atomic E-state index is 13.2. The number of hydrogen-bond donors (Lipinski definition) is 1. The van der Waals surface area contributed by atoms with Crippen molar-refractivity contribution in [2.75, 3.05) is 13.2 Å². The number of amides is 1. The number of aromatic nitrogens is 1. The molecule has 4 nitrogen and oxygen atoms in total. The maximum Gasteiger partial charge on any atom is 0.257 e. The van der Waals surface area contributed by atoms with Gasteiger partial charge in [-0.05, 0) is 31.7 Å². The molecule has 2 rings (SSSR count). The van der Waals surface area contributed by atoms with E-state index < -0.39 is 5.82 Å². The van der Waals surface area contributed by atoms with Gasteiger partial charge in [0.2, 0.25) is 0 Å². The van der Waals surface area contributed by atoms with Gasteiger partial charge in [0.15, 0.2) is 0 Å². The number of halogens is 2. The predicted octanol–water partition coefficient (Wildman–Crippen LogP) is 2.25. The van der Waals surface area contributed by atoms with Crippen molar-refractivity contribution in [3.8, 4) is 0 Å². The molecule has 1 aromatic rings. The first-order valence-corrected chi connectivity index (χ1v) is 6.74. The highest BCUT2D eigenvalue weighted by Crippen LogP contribution is 2.25. The average molecular weight is 287 g/mol. The number of carbonyl (C=O) groups excluding carboxylic acids is 1. The first-order valence-electron chi connectivity index (χ1n) is 6.36. The number of rotatable bonds is 4. The van der Waals surface area contributed by atoms with Gasteiger partial charge in [0, 0.05) is 19.2 Å². The van der Waals surface area contributed by atoms with E-state index in [0.29, 0.717) is 13.0 Å². The molecule has 1 aliphatic heterocycles. The first-order chi connectivity index (χ1) is 9.13. The summed E-state index contributed by atoms with van der Waals surface area (Å²) in [6.45, 7) is 0.753. The lowest BCUT2D eigenvalue weighted by Crippen LogP contribution is -2.36. The Labute approximate surface area is 116 Å². The summed E-state index contributed by atoms with van der Waals surface area (Å²) in [6.07, 6.45) is 4.23. The third-order valence-electron chi connectivity index (χ3n) is 3.37. The average Bonchev–Trinajstić information content (AvgIpc) is 2.86. The van der Waals surface area contributed by atoms with Crippen molar-refractivity contribution in [1.29, 1.82) is 0 Å². The molecule has 1 aromatic heterocycles. The number of aliphatic hydroxyl groups excluding tert-OH is 1. The molecule has 1 unspecified atom stereocenters. The van der Waals surface area contributed by atoms with E-state index in [1.54, 1.807) is 4.90 Å². The summed E-state index contributed by atoms with van der Waals surface area (Å²) in [5, 5.41) is 8.89. The van der Waals surface area contributed by atoms with Crippen LogP contribution in [0.2, 0.25) is 5.15 Å². The smallest absolute Gasteiger partial charge is 0.257 e. The molecular formula is C13H16ClFN2O2. The quantitative estimate of drug-likeness (QED) is 0.864. The molecule has 0 saturated carbocycles. The van der Waals surface area contributed by atoms with Gasteiger partial charge >= 0.3 is 0 Å². The summed E-state index contributed by atoms with van der Waals surface area (Å²) in [5.41, 5.74) is 0.109. The van der Waals surface area contributed by atoms with E-state index >= 15 is 0 Å². The summed E-state index contributed by atoms with van der Waals surface area (Å²) in [5.74, 6) is -0.851. The number of likely N-dealkylation sites (tertiary alicyclic amines) is 1. The molecule has 1 saturated heterocycles. The van der Waals surface area contributed by atoms with Crippen LogP contribution in [0.3, 0.4) is 0 Å². The van der Waals surface area contributed by atoms with Crippen molar-refractivity contribution in [2.24, 2.45) is 0 Å². The zero-order valence-electron chi connectivity index (χ0n) is 10.5. The topological polar surface area (TPSA) is 53.4 Å². The number of aliphatic hydroxyl groups is 1. The normalized spacial score (nSPS) is 18.9. The van der Waals surface area contributed by atoms with Crippen LogP contribution in [0.5, 0.6) is 0 Å². The minimum absolute atomic E-state index is 0.0270. The predicted molar refractivity (Wildman–Crippen MR) is 69.6 cm³/mol. The van der Waals surface area contributed by atoms with Gasteiger partial charge in [0.05, 0.1) is 11.8 Å². The second-order valence-corrected chi connectivity index (χ2v) is 5.01. The van der Waals surface area contributed by atoms with Crippen molar-refractivity contribution in [1.82, 2.24) is 9.88 Å². The highest BCUT2D eigenvalue weighted by molar-refractivity contribution is 6.32. The van der Waals surface area contributed by atoms with Crippen LogP contribution in [0.15, 0.2) is 12.3 Å². The minimum Gasteiger partial charge on any atom is -0.396 e. The van der Waals surface area contributed by atoms with Gasteiger partial charge in [-0.15, -0.1) is 0 Å². The van der Waals surface area contributed by atoms with Crippen LogP contribution < -0.4 is 0 Å². The number of pyridine rings is 1. The standard InChI is InChI=1S/C13H16ClFN2O2/c14-12-11(7-9(15)8-16-12)13(19)17-5-1-3-10(17)4-2-6-18/h7-8,10,18H,1-6H2. The van der Waals surface area contributed by atoms with E-state index in [1.807, 2.05) is 0 Å². The van der Waals surface area contributed by atoms with Gasteiger partial charge < -0.3 is 10.0 Å². The lowest BCUT2D eigenvalue weighted by molar-refractivity contribution is 0.0723. The second kappa shape index (κ2) is 6.30. The van der Waals surface area contributed by atoms with E-state index in [0.717, 1.165) is 31.5 Å². The Bertz CT molecular complexity index is 470. The molecule has 1 fully saturated rings. The van der Waals surface area contributed by atoms with Crippen molar-refractivity contribution < 1.29 is 14.3 Å². The van der Waals surface area contributed by atoms with Gasteiger partial charge in [-0.3, -0.25) is 4.79 Å². The van der Waals surface area contributed by atoms with Gasteiger partial charge in [-0.1, -0.05) is 11.6 Å². The van der Waals surface area contributed by atoms with Crippen molar-refractivity contribution in [3.63, 3.8) is 0 Å². The molecule has 1 N–H and O–H groups in total. The van der Waals surface area contributed by atoms with E-state index in [2.05, 4.69) is 4.98 Å². The van der Waals surface area contributed by atoms with Crippen LogP contribution in [0.1, 0.15) is 36.0 Å². The lowest BCUT2D eigenvalue weighted by atomic mass is 10.1. The Balaban J connectivity index is 2.16. The fourth-order valence-electron chi connectivity index (χ4n) is 2.46. The van der Waals surface area contributed by atoms with Crippen LogP contribution in [0.4, 0.5) is 4.39 Å². The lowest BCUT2D eigenvalue weighted by Gasteiger charge is -2.24. The van der Waals surface area contributed by atoms with Gasteiger partial charge in [-0.25, -0.2) is 9.37 Å². The zero-order valence-corrected chi connectivity index (χ0v) is 11.2. The first kappa shape index (κ1) is 14.2. The third kappa shape index (κ3) is 3.22. The van der Waals surface area contributed by atoms with E-state index in [1.165, 1.54) is 0 Å². The molecule has 104 valence electrons. The molecule has 0 bridgehead atoms. The van der Waals surface area contributed by atoms with E-state index in [9.17, 15) is 9.18 Å². The fraction of sp³-hybridized carbons (Fsp3) is 0.538. The van der Waals surface area contributed by atoms with Crippen LogP contribution >= 0.6 is 11.6 Å². The van der Waals surface area contributed by atoms with Crippen molar-refractivity contribution in [2.45, 2.75) is 31.7 Å². The summed E-state index contributed by atoms with van der Waals surface area (Å²) in [4.78, 5) is 17.7. The zero-order chi connectivity index (χ0) is 13.8. The molecular weight excluding hydrogens is 271 g/mol. The highest BCUT2D eigenvalue weighted by Gasteiger charge is 2.30. The van der Waals surface area contributed by atoms with E-state index in [-0.39, 0.29) is 29.3 Å². The maximum atomic E-state index is 13.2. The minimum atomic E-state index is -0.571. The summed E-state index contributed by atoms with van der Waals surface area (Å²) < 4.78 is 13.2. The van der Waals surface area contributed by atoms with Gasteiger partial charge in [-0.2, -0.15) is 0 Å². The molecule has 6 heteroatoms. The van der Waals surface area contributed by atoms with Gasteiger partial charge in [0.1, 0.15) is 11.0 Å². The molecule has 0 spiro atoms. The largest absolute Gasteiger partial charge is 0.396 e. The summed E-state index contributed by atoms with van der Waals surface area (Å²) in [6, 6.07) is 1.22. The van der Waals surface area contributed by atoms with E-state index in [4.69, 9.17) is 16.7 Å². The highest BCUT2D eigenvalue weighted by atomic mass is 35.5. The summed E-state index contributed by atoms with van der Waals surface area (Å²) >= 11 is 5.86. The second-order valence-electron chi connectivity index (χ2n) is 4.65. The fourth-order valence-corrected chi connectivity index (χ4v) is 2.64. The van der Waals surface area contributed by atoms with Crippen LogP contribution in [0, 0.1) is 5.82 Å². The number of carbonyl (C=O) groups is 1. The Morgan fingerprint density at radius 1 is 1.63 bits per heavy atom. The molecule has 19 heavy (non-hydrogen) atoms. The molecule has 1 aliphatic rings. The summed E-state index contributed by atoms with van der Waals surface area (Å²) in [7, 11) is 0. The monoisotopic (exact) mass is 286 g/mol. The van der Waals surface area contributed by atoms with Crippen LogP contribution in [-0.2, 0) is 0 Å². The Morgan fingerprint density at radius 3 is 3.16 bits per heavy atom. The molecule has 0 radical (unpaired) electrons. The Hall–Kier alpha value is -1.20. The Morgan fingerprint density at radius 2 is 2.42 bits per heavy atom. The molecule has 2 heterocycles. The number of hydrogen-bond acceptors (Lipinski definition) is 3. The molecule has 1 atom stereocenters. The molecule has 0 aromatic carbocycles.